The lowest BCUT2D eigenvalue weighted by molar-refractivity contribution is -0.150. The minimum atomic E-state index is -0.506. The monoisotopic (exact) mass is 443 g/mol. The van der Waals surface area contributed by atoms with Crippen LogP contribution in [0.4, 0.5) is 0 Å². The van der Waals surface area contributed by atoms with Gasteiger partial charge >= 0.3 is 0 Å². The van der Waals surface area contributed by atoms with Crippen molar-refractivity contribution >= 4 is 11.8 Å². The number of likely N-dealkylation sites (N-methyl/N-ethyl adjacent to an activating group) is 1. The molecule has 4 rings (SSSR count). The molecule has 2 heterocycles. The second kappa shape index (κ2) is 10.3. The van der Waals surface area contributed by atoms with Gasteiger partial charge in [0.15, 0.2) is 0 Å². The Balaban J connectivity index is 1.55. The summed E-state index contributed by atoms with van der Waals surface area (Å²) in [6, 6.07) is 19.0. The van der Waals surface area contributed by atoms with Gasteiger partial charge in [-0.15, -0.1) is 0 Å². The van der Waals surface area contributed by atoms with Gasteiger partial charge in [0.25, 0.3) is 0 Å². The number of hydrogen-bond acceptors (Lipinski definition) is 4. The highest BCUT2D eigenvalue weighted by Crippen LogP contribution is 2.23. The molecule has 0 bridgehead atoms. The van der Waals surface area contributed by atoms with Crippen LogP contribution < -0.4 is 4.74 Å². The fourth-order valence-electron chi connectivity index (χ4n) is 4.30. The Morgan fingerprint density at radius 2 is 1.82 bits per heavy atom. The SMILES string of the molecule is CCN1CCN(C(=O)Cc2ccc(OC)cc2)[C@H](Cc2cccc(-c3cccnc3)c2)C1=O. The van der Waals surface area contributed by atoms with Gasteiger partial charge in [-0.2, -0.15) is 0 Å². The lowest BCUT2D eigenvalue weighted by Gasteiger charge is -2.40. The van der Waals surface area contributed by atoms with E-state index in [2.05, 4.69) is 11.1 Å². The van der Waals surface area contributed by atoms with Gasteiger partial charge in [0.05, 0.1) is 13.5 Å². The number of piperazine rings is 1. The maximum Gasteiger partial charge on any atom is 0.245 e. The zero-order valence-electron chi connectivity index (χ0n) is 19.1. The number of amides is 2. The first kappa shape index (κ1) is 22.5. The highest BCUT2D eigenvalue weighted by atomic mass is 16.5. The molecule has 0 saturated carbocycles. The first-order chi connectivity index (χ1) is 16.1. The number of nitrogens with zero attached hydrogens (tertiary/aromatic N) is 3. The predicted octanol–water partition coefficient (Wildman–Crippen LogP) is 3.60. The Hall–Kier alpha value is -3.67. The minimum absolute atomic E-state index is 0.0126. The van der Waals surface area contributed by atoms with Crippen molar-refractivity contribution in [2.75, 3.05) is 26.7 Å². The normalized spacial score (nSPS) is 16.1. The van der Waals surface area contributed by atoms with Gasteiger partial charge in [-0.1, -0.05) is 42.5 Å². The third-order valence-electron chi connectivity index (χ3n) is 6.15. The van der Waals surface area contributed by atoms with E-state index in [0.29, 0.717) is 26.1 Å². The average Bonchev–Trinajstić information content (AvgIpc) is 2.86. The molecule has 6 nitrogen and oxygen atoms in total. The predicted molar refractivity (Wildman–Crippen MR) is 128 cm³/mol. The molecule has 0 aliphatic carbocycles. The summed E-state index contributed by atoms with van der Waals surface area (Å²) in [4.78, 5) is 34.3. The molecule has 0 unspecified atom stereocenters. The Labute approximate surface area is 194 Å². The average molecular weight is 444 g/mol. The van der Waals surface area contributed by atoms with Gasteiger partial charge in [-0.05, 0) is 47.4 Å². The fraction of sp³-hybridized carbons (Fsp3) is 0.296. The second-order valence-electron chi connectivity index (χ2n) is 8.19. The topological polar surface area (TPSA) is 62.7 Å². The number of benzene rings is 2. The van der Waals surface area contributed by atoms with E-state index in [1.807, 2.05) is 72.6 Å². The standard InChI is InChI=1S/C27H29N3O3/c1-3-29-14-15-30(26(31)18-20-9-11-24(33-2)12-10-20)25(27(29)32)17-21-6-4-7-22(16-21)23-8-5-13-28-19-23/h4-13,16,19,25H,3,14-15,17-18H2,1-2H3/t25-/m1/s1. The van der Waals surface area contributed by atoms with Crippen molar-refractivity contribution in [2.45, 2.75) is 25.8 Å². The molecule has 170 valence electrons. The molecule has 0 spiro atoms. The summed E-state index contributed by atoms with van der Waals surface area (Å²) in [7, 11) is 1.62. The summed E-state index contributed by atoms with van der Waals surface area (Å²) >= 11 is 0. The molecule has 1 aliphatic rings. The number of pyridine rings is 1. The van der Waals surface area contributed by atoms with E-state index in [1.54, 1.807) is 18.2 Å². The Morgan fingerprint density at radius 3 is 2.52 bits per heavy atom. The molecule has 1 atom stereocenters. The molecule has 33 heavy (non-hydrogen) atoms. The van der Waals surface area contributed by atoms with Crippen LogP contribution in [0.3, 0.4) is 0 Å². The maximum atomic E-state index is 13.3. The molecule has 1 fully saturated rings. The van der Waals surface area contributed by atoms with Gasteiger partial charge in [0, 0.05) is 38.4 Å². The number of hydrogen-bond donors (Lipinski definition) is 0. The lowest BCUT2D eigenvalue weighted by Crippen LogP contribution is -2.59. The number of methoxy groups -OCH3 is 1. The van der Waals surface area contributed by atoms with Gasteiger partial charge in [-0.25, -0.2) is 0 Å². The van der Waals surface area contributed by atoms with Crippen molar-refractivity contribution in [1.29, 1.82) is 0 Å². The summed E-state index contributed by atoms with van der Waals surface area (Å²) in [5, 5.41) is 0. The van der Waals surface area contributed by atoms with Crippen LogP contribution >= 0.6 is 0 Å². The Morgan fingerprint density at radius 1 is 1.03 bits per heavy atom. The van der Waals surface area contributed by atoms with Crippen molar-refractivity contribution in [1.82, 2.24) is 14.8 Å². The molecule has 3 aromatic rings. The van der Waals surface area contributed by atoms with Crippen molar-refractivity contribution in [2.24, 2.45) is 0 Å². The van der Waals surface area contributed by atoms with Crippen molar-refractivity contribution < 1.29 is 14.3 Å². The minimum Gasteiger partial charge on any atom is -0.497 e. The van der Waals surface area contributed by atoms with Gasteiger partial charge in [0.1, 0.15) is 11.8 Å². The highest BCUT2D eigenvalue weighted by Gasteiger charge is 2.36. The van der Waals surface area contributed by atoms with Crippen LogP contribution in [0.5, 0.6) is 5.75 Å². The van der Waals surface area contributed by atoms with Crippen LogP contribution in [0.2, 0.25) is 0 Å². The van der Waals surface area contributed by atoms with Crippen molar-refractivity contribution in [3.8, 4) is 16.9 Å². The smallest absolute Gasteiger partial charge is 0.245 e. The molecule has 1 aliphatic heterocycles. The van der Waals surface area contributed by atoms with Crippen LogP contribution in [0.25, 0.3) is 11.1 Å². The fourth-order valence-corrected chi connectivity index (χ4v) is 4.30. The van der Waals surface area contributed by atoms with Gasteiger partial charge in [0.2, 0.25) is 11.8 Å². The first-order valence-corrected chi connectivity index (χ1v) is 11.3. The summed E-state index contributed by atoms with van der Waals surface area (Å²) in [5.74, 6) is 0.737. The van der Waals surface area contributed by atoms with E-state index >= 15 is 0 Å². The molecule has 1 saturated heterocycles. The number of carbonyl (C=O) groups is 2. The summed E-state index contributed by atoms with van der Waals surface area (Å²) in [6.45, 7) is 3.73. The molecule has 2 amide bonds. The van der Waals surface area contributed by atoms with E-state index in [4.69, 9.17) is 4.74 Å². The molecule has 2 aromatic carbocycles. The van der Waals surface area contributed by atoms with Crippen LogP contribution in [0.1, 0.15) is 18.1 Å². The van der Waals surface area contributed by atoms with Crippen LogP contribution in [0, 0.1) is 0 Å². The van der Waals surface area contributed by atoms with Crippen LogP contribution in [0.15, 0.2) is 73.1 Å². The second-order valence-corrected chi connectivity index (χ2v) is 8.19. The van der Waals surface area contributed by atoms with Crippen LogP contribution in [-0.4, -0.2) is 59.4 Å². The van der Waals surface area contributed by atoms with E-state index in [-0.39, 0.29) is 18.2 Å². The quantitative estimate of drug-likeness (QED) is 0.560. The van der Waals surface area contributed by atoms with E-state index in [0.717, 1.165) is 28.0 Å². The number of carbonyl (C=O) groups excluding carboxylic acids is 2. The zero-order chi connectivity index (χ0) is 23.2. The van der Waals surface area contributed by atoms with E-state index < -0.39 is 6.04 Å². The van der Waals surface area contributed by atoms with Gasteiger partial charge in [-0.3, -0.25) is 14.6 Å². The molecular formula is C27H29N3O3. The highest BCUT2D eigenvalue weighted by molar-refractivity contribution is 5.90. The molecule has 0 N–H and O–H groups in total. The zero-order valence-corrected chi connectivity index (χ0v) is 19.1. The molecule has 1 aromatic heterocycles. The number of ether oxygens (including phenoxy) is 1. The summed E-state index contributed by atoms with van der Waals surface area (Å²) < 4.78 is 5.20. The molecule has 0 radical (unpaired) electrons. The van der Waals surface area contributed by atoms with E-state index in [9.17, 15) is 9.59 Å². The first-order valence-electron chi connectivity index (χ1n) is 11.3. The Bertz CT molecular complexity index is 1100. The third kappa shape index (κ3) is 5.22. The summed E-state index contributed by atoms with van der Waals surface area (Å²) in [5.41, 5.74) is 4.00. The van der Waals surface area contributed by atoms with Crippen molar-refractivity contribution in [3.05, 3.63) is 84.2 Å². The van der Waals surface area contributed by atoms with Crippen LogP contribution in [-0.2, 0) is 22.4 Å². The van der Waals surface area contributed by atoms with E-state index in [1.165, 1.54) is 0 Å². The largest absolute Gasteiger partial charge is 0.497 e. The van der Waals surface area contributed by atoms with Crippen molar-refractivity contribution in [3.63, 3.8) is 0 Å². The molecule has 6 heteroatoms. The maximum absolute atomic E-state index is 13.3. The third-order valence-corrected chi connectivity index (χ3v) is 6.15. The number of rotatable bonds is 7. The lowest BCUT2D eigenvalue weighted by atomic mass is 9.97. The van der Waals surface area contributed by atoms with Gasteiger partial charge < -0.3 is 14.5 Å². The number of aromatic nitrogens is 1. The molecular weight excluding hydrogens is 414 g/mol. The Kier molecular flexibility index (Phi) is 7.03. The summed E-state index contributed by atoms with van der Waals surface area (Å²) in [6.07, 6.45) is 4.32.